The van der Waals surface area contributed by atoms with Crippen molar-refractivity contribution >= 4 is 28.9 Å². The van der Waals surface area contributed by atoms with Gasteiger partial charge in [0.15, 0.2) is 0 Å². The second-order valence-corrected chi connectivity index (χ2v) is 4.85. The molecule has 2 rings (SSSR count). The van der Waals surface area contributed by atoms with E-state index < -0.39 is 6.61 Å². The number of hydrogen-bond acceptors (Lipinski definition) is 2. The Kier molecular flexibility index (Phi) is 5.04. The molecule has 0 heterocycles. The summed E-state index contributed by atoms with van der Waals surface area (Å²) in [6.07, 6.45) is 0. The van der Waals surface area contributed by atoms with Crippen molar-refractivity contribution in [1.29, 1.82) is 0 Å². The summed E-state index contributed by atoms with van der Waals surface area (Å²) in [7, 11) is 0. The molecule has 0 bridgehead atoms. The van der Waals surface area contributed by atoms with Gasteiger partial charge in [0.1, 0.15) is 5.75 Å². The van der Waals surface area contributed by atoms with Crippen molar-refractivity contribution in [1.82, 2.24) is 0 Å². The van der Waals surface area contributed by atoms with Crippen LogP contribution in [0, 0.1) is 0 Å². The molecule has 2 nitrogen and oxygen atoms in total. The molecule has 0 aromatic heterocycles. The first-order chi connectivity index (χ1) is 9.54. The van der Waals surface area contributed by atoms with Crippen molar-refractivity contribution in [3.8, 4) is 5.75 Å². The Morgan fingerprint density at radius 3 is 2.55 bits per heavy atom. The summed E-state index contributed by atoms with van der Waals surface area (Å²) in [6, 6.07) is 12.0. The maximum absolute atomic E-state index is 12.1. The molecule has 20 heavy (non-hydrogen) atoms. The van der Waals surface area contributed by atoms with E-state index in [1.54, 1.807) is 12.1 Å². The van der Waals surface area contributed by atoms with Gasteiger partial charge in [-0.3, -0.25) is 0 Å². The zero-order valence-electron chi connectivity index (χ0n) is 10.2. The molecule has 0 amide bonds. The fraction of sp³-hybridized carbons (Fsp3) is 0.143. The first-order valence-corrected chi connectivity index (χ1v) is 6.53. The van der Waals surface area contributed by atoms with Crippen molar-refractivity contribution in [2.24, 2.45) is 0 Å². The summed E-state index contributed by atoms with van der Waals surface area (Å²) >= 11 is 11.7. The van der Waals surface area contributed by atoms with Crippen LogP contribution in [0.25, 0.3) is 0 Å². The van der Waals surface area contributed by atoms with Gasteiger partial charge in [-0.05, 0) is 35.9 Å². The molecule has 0 aliphatic rings. The molecule has 0 aliphatic heterocycles. The minimum atomic E-state index is -2.89. The molecule has 0 aliphatic carbocycles. The van der Waals surface area contributed by atoms with Gasteiger partial charge in [0, 0.05) is 17.3 Å². The fourth-order valence-electron chi connectivity index (χ4n) is 1.65. The largest absolute Gasteiger partial charge is 0.433 e. The van der Waals surface area contributed by atoms with Crippen LogP contribution in [0.5, 0.6) is 5.75 Å². The summed E-state index contributed by atoms with van der Waals surface area (Å²) in [4.78, 5) is 0. The molecule has 1 N–H and O–H groups in total. The molecule has 2 aromatic rings. The molecule has 2 aromatic carbocycles. The zero-order chi connectivity index (χ0) is 14.5. The minimum absolute atomic E-state index is 0.0463. The van der Waals surface area contributed by atoms with Crippen LogP contribution < -0.4 is 10.1 Å². The molecule has 106 valence electrons. The van der Waals surface area contributed by atoms with E-state index in [1.165, 1.54) is 12.1 Å². The highest BCUT2D eigenvalue weighted by Gasteiger charge is 2.08. The van der Waals surface area contributed by atoms with E-state index in [0.29, 0.717) is 17.3 Å². The van der Waals surface area contributed by atoms with Gasteiger partial charge in [0.2, 0.25) is 0 Å². The Hall–Kier alpha value is -1.52. The van der Waals surface area contributed by atoms with E-state index in [4.69, 9.17) is 23.2 Å². The van der Waals surface area contributed by atoms with Gasteiger partial charge in [-0.2, -0.15) is 8.78 Å². The number of ether oxygens (including phenoxy) is 1. The standard InChI is InChI=1S/C14H11Cl2F2NO/c15-10-3-1-2-9(6-10)8-19-11-4-5-13(12(16)7-11)20-14(17)18/h1-7,14,19H,8H2. The van der Waals surface area contributed by atoms with Crippen LogP contribution in [0.2, 0.25) is 10.0 Å². The summed E-state index contributed by atoms with van der Waals surface area (Å²) in [5, 5.41) is 3.91. The summed E-state index contributed by atoms with van der Waals surface area (Å²) in [5.74, 6) is -0.0463. The highest BCUT2D eigenvalue weighted by atomic mass is 35.5. The van der Waals surface area contributed by atoms with Gasteiger partial charge in [0.05, 0.1) is 5.02 Å². The van der Waals surface area contributed by atoms with E-state index in [1.807, 2.05) is 18.2 Å². The van der Waals surface area contributed by atoms with Crippen molar-refractivity contribution in [2.75, 3.05) is 5.32 Å². The first-order valence-electron chi connectivity index (χ1n) is 5.77. The van der Waals surface area contributed by atoms with Crippen molar-refractivity contribution in [2.45, 2.75) is 13.2 Å². The Labute approximate surface area is 125 Å². The smallest absolute Gasteiger partial charge is 0.387 e. The number of rotatable bonds is 5. The van der Waals surface area contributed by atoms with E-state index in [-0.39, 0.29) is 10.8 Å². The van der Waals surface area contributed by atoms with Crippen molar-refractivity contribution < 1.29 is 13.5 Å². The third-order valence-electron chi connectivity index (χ3n) is 2.53. The Balaban J connectivity index is 2.02. The van der Waals surface area contributed by atoms with Crippen LogP contribution in [-0.2, 0) is 6.54 Å². The van der Waals surface area contributed by atoms with Gasteiger partial charge >= 0.3 is 6.61 Å². The number of benzene rings is 2. The molecule has 0 spiro atoms. The number of halogens is 4. The van der Waals surface area contributed by atoms with E-state index in [0.717, 1.165) is 5.56 Å². The lowest BCUT2D eigenvalue weighted by molar-refractivity contribution is -0.0497. The lowest BCUT2D eigenvalue weighted by atomic mass is 10.2. The molecule has 0 saturated carbocycles. The van der Waals surface area contributed by atoms with Gasteiger partial charge in [-0.25, -0.2) is 0 Å². The van der Waals surface area contributed by atoms with Crippen molar-refractivity contribution in [3.63, 3.8) is 0 Å². The Bertz CT molecular complexity index is 593. The summed E-state index contributed by atoms with van der Waals surface area (Å²) < 4.78 is 28.5. The second-order valence-electron chi connectivity index (χ2n) is 4.01. The topological polar surface area (TPSA) is 21.3 Å². The fourth-order valence-corrected chi connectivity index (χ4v) is 2.09. The molecule has 0 radical (unpaired) electrons. The van der Waals surface area contributed by atoms with E-state index >= 15 is 0 Å². The minimum Gasteiger partial charge on any atom is -0.433 e. The summed E-state index contributed by atoms with van der Waals surface area (Å²) in [6.45, 7) is -2.34. The maximum atomic E-state index is 12.1. The van der Waals surface area contributed by atoms with E-state index in [2.05, 4.69) is 10.1 Å². The van der Waals surface area contributed by atoms with Gasteiger partial charge in [-0.15, -0.1) is 0 Å². The second kappa shape index (κ2) is 6.77. The third-order valence-corrected chi connectivity index (χ3v) is 3.06. The molecule has 0 atom stereocenters. The average molecular weight is 318 g/mol. The normalized spacial score (nSPS) is 10.7. The maximum Gasteiger partial charge on any atom is 0.387 e. The molecule has 0 fully saturated rings. The first kappa shape index (κ1) is 14.9. The average Bonchev–Trinajstić information content (AvgIpc) is 2.39. The van der Waals surface area contributed by atoms with Gasteiger partial charge in [0.25, 0.3) is 0 Å². The quantitative estimate of drug-likeness (QED) is 0.817. The van der Waals surface area contributed by atoms with Crippen LogP contribution >= 0.6 is 23.2 Å². The Morgan fingerprint density at radius 2 is 1.90 bits per heavy atom. The molecule has 6 heteroatoms. The number of alkyl halides is 2. The molecule has 0 unspecified atom stereocenters. The SMILES string of the molecule is FC(F)Oc1ccc(NCc2cccc(Cl)c2)cc1Cl. The highest BCUT2D eigenvalue weighted by molar-refractivity contribution is 6.32. The number of anilines is 1. The molecular weight excluding hydrogens is 307 g/mol. The van der Waals surface area contributed by atoms with Gasteiger partial charge in [-0.1, -0.05) is 35.3 Å². The van der Waals surface area contributed by atoms with Crippen LogP contribution in [0.1, 0.15) is 5.56 Å². The molecular formula is C14H11Cl2F2NO. The van der Waals surface area contributed by atoms with Crippen LogP contribution in [0.3, 0.4) is 0 Å². The van der Waals surface area contributed by atoms with E-state index in [9.17, 15) is 8.78 Å². The van der Waals surface area contributed by atoms with Crippen LogP contribution in [-0.4, -0.2) is 6.61 Å². The molecule has 0 saturated heterocycles. The van der Waals surface area contributed by atoms with Crippen LogP contribution in [0.15, 0.2) is 42.5 Å². The Morgan fingerprint density at radius 1 is 1.10 bits per heavy atom. The van der Waals surface area contributed by atoms with Crippen molar-refractivity contribution in [3.05, 3.63) is 58.1 Å². The zero-order valence-corrected chi connectivity index (χ0v) is 11.8. The monoisotopic (exact) mass is 317 g/mol. The number of nitrogens with one attached hydrogen (secondary N) is 1. The highest BCUT2D eigenvalue weighted by Crippen LogP contribution is 2.29. The third kappa shape index (κ3) is 4.25. The lowest BCUT2D eigenvalue weighted by Gasteiger charge is -2.10. The summed E-state index contributed by atoms with van der Waals surface area (Å²) in [5.41, 5.74) is 1.71. The predicted octanol–water partition coefficient (Wildman–Crippen LogP) is 5.21. The number of hydrogen-bond donors (Lipinski definition) is 1. The predicted molar refractivity (Wildman–Crippen MR) is 76.9 cm³/mol. The lowest BCUT2D eigenvalue weighted by Crippen LogP contribution is -2.03. The van der Waals surface area contributed by atoms with Gasteiger partial charge < -0.3 is 10.1 Å². The van der Waals surface area contributed by atoms with Crippen LogP contribution in [0.4, 0.5) is 14.5 Å².